The molecule has 0 fully saturated rings. The number of rotatable bonds is 3. The molecule has 2 aromatic rings. The van der Waals surface area contributed by atoms with Crippen LogP contribution in [0.3, 0.4) is 0 Å². The zero-order chi connectivity index (χ0) is 19.3. The van der Waals surface area contributed by atoms with E-state index in [0.29, 0.717) is 11.8 Å². The molecule has 1 unspecified atom stereocenters. The largest absolute Gasteiger partial charge is 0.454 e. The second-order valence-electron chi connectivity index (χ2n) is 6.15. The van der Waals surface area contributed by atoms with E-state index >= 15 is 0 Å². The number of carbonyl (C=O) groups excluding carboxylic acids is 1. The average molecular weight is 370 g/mol. The Bertz CT molecular complexity index is 884. The van der Waals surface area contributed by atoms with Gasteiger partial charge in [-0.1, -0.05) is 0 Å². The number of furan rings is 1. The van der Waals surface area contributed by atoms with Gasteiger partial charge in [0.1, 0.15) is 5.76 Å². The van der Waals surface area contributed by atoms with Crippen molar-refractivity contribution in [1.29, 1.82) is 0 Å². The Morgan fingerprint density at radius 1 is 1.35 bits per heavy atom. The molecule has 1 atom stereocenters. The second-order valence-corrected chi connectivity index (χ2v) is 6.15. The molecule has 10 heteroatoms. The van der Waals surface area contributed by atoms with Crippen molar-refractivity contribution < 1.29 is 27.5 Å². The molecule has 3 heterocycles. The fourth-order valence-electron chi connectivity index (χ4n) is 2.75. The van der Waals surface area contributed by atoms with Gasteiger partial charge in [0.2, 0.25) is 0 Å². The fraction of sp³-hybridized carbons (Fsp3) is 0.375. The van der Waals surface area contributed by atoms with Crippen LogP contribution in [0, 0.1) is 13.8 Å². The van der Waals surface area contributed by atoms with Crippen LogP contribution in [0.5, 0.6) is 0 Å². The first-order valence-electron chi connectivity index (χ1n) is 7.71. The number of aromatic nitrogens is 2. The summed E-state index contributed by atoms with van der Waals surface area (Å²) in [6.07, 6.45) is -4.54. The van der Waals surface area contributed by atoms with Gasteiger partial charge in [-0.25, -0.2) is 5.01 Å². The zero-order valence-electron chi connectivity index (χ0n) is 14.3. The SMILES string of the molecule is CC1=CC(O)(C(F)(F)F)N(C(=O)c2ccc(Cn3nc(C)cc3C)o2)N1. The Morgan fingerprint density at radius 2 is 2.04 bits per heavy atom. The van der Waals surface area contributed by atoms with E-state index in [1.165, 1.54) is 19.1 Å². The molecule has 7 nitrogen and oxygen atoms in total. The normalized spacial score (nSPS) is 20.3. The molecular weight excluding hydrogens is 353 g/mol. The number of nitrogens with zero attached hydrogens (tertiary/aromatic N) is 3. The fourth-order valence-corrected chi connectivity index (χ4v) is 2.75. The minimum Gasteiger partial charge on any atom is -0.454 e. The number of carbonyl (C=O) groups is 1. The van der Waals surface area contributed by atoms with Crippen molar-refractivity contribution in [3.63, 3.8) is 0 Å². The van der Waals surface area contributed by atoms with Crippen molar-refractivity contribution in [3.05, 3.63) is 52.9 Å². The summed E-state index contributed by atoms with van der Waals surface area (Å²) in [5.41, 5.74) is 0.447. The molecule has 0 radical (unpaired) electrons. The first-order valence-corrected chi connectivity index (χ1v) is 7.71. The van der Waals surface area contributed by atoms with Crippen LogP contribution in [0.25, 0.3) is 0 Å². The molecule has 3 rings (SSSR count). The molecule has 2 N–H and O–H groups in total. The number of amides is 1. The van der Waals surface area contributed by atoms with Crippen LogP contribution < -0.4 is 5.43 Å². The van der Waals surface area contributed by atoms with Gasteiger partial charge in [0, 0.05) is 11.4 Å². The summed E-state index contributed by atoms with van der Waals surface area (Å²) in [7, 11) is 0. The molecule has 0 bridgehead atoms. The number of hydrogen-bond acceptors (Lipinski definition) is 5. The van der Waals surface area contributed by atoms with Crippen molar-refractivity contribution >= 4 is 5.91 Å². The Balaban J connectivity index is 1.83. The predicted molar refractivity (Wildman–Crippen MR) is 83.6 cm³/mol. The third-order valence-electron chi connectivity index (χ3n) is 3.95. The number of hydrogen-bond donors (Lipinski definition) is 2. The second kappa shape index (κ2) is 5.90. The smallest absolute Gasteiger partial charge is 0.442 e. The number of aliphatic hydroxyl groups is 1. The number of hydrazine groups is 1. The third kappa shape index (κ3) is 2.96. The number of halogens is 3. The summed E-state index contributed by atoms with van der Waals surface area (Å²) in [6.45, 7) is 5.20. The summed E-state index contributed by atoms with van der Waals surface area (Å²) >= 11 is 0. The van der Waals surface area contributed by atoms with Gasteiger partial charge in [0.15, 0.2) is 5.76 Å². The van der Waals surface area contributed by atoms with E-state index in [0.717, 1.165) is 11.4 Å². The van der Waals surface area contributed by atoms with E-state index in [4.69, 9.17) is 4.42 Å². The molecule has 0 aliphatic carbocycles. The van der Waals surface area contributed by atoms with Gasteiger partial charge in [-0.3, -0.25) is 14.9 Å². The molecular formula is C16H17F3N4O3. The standard InChI is InChI=1S/C16H17F3N4O3/c1-9-6-11(3)22(20-9)8-12-4-5-13(26-12)14(24)23-15(25,16(17,18)19)7-10(2)21-23/h4-7,21,25H,8H2,1-3H3. The van der Waals surface area contributed by atoms with Gasteiger partial charge in [-0.05, 0) is 45.0 Å². The van der Waals surface area contributed by atoms with E-state index in [-0.39, 0.29) is 23.0 Å². The topological polar surface area (TPSA) is 83.5 Å². The highest BCUT2D eigenvalue weighted by Gasteiger charge is 2.61. The lowest BCUT2D eigenvalue weighted by molar-refractivity contribution is -0.283. The summed E-state index contributed by atoms with van der Waals surface area (Å²) in [5.74, 6) is -1.13. The molecule has 2 aromatic heterocycles. The highest BCUT2D eigenvalue weighted by molar-refractivity contribution is 5.92. The molecule has 140 valence electrons. The van der Waals surface area contributed by atoms with Crippen LogP contribution in [0.15, 0.2) is 34.4 Å². The Labute approximate surface area is 146 Å². The van der Waals surface area contributed by atoms with Gasteiger partial charge in [-0.15, -0.1) is 0 Å². The molecule has 1 aliphatic rings. The predicted octanol–water partition coefficient (Wildman–Crippen LogP) is 2.26. The zero-order valence-corrected chi connectivity index (χ0v) is 14.3. The maximum Gasteiger partial charge on any atom is 0.442 e. The van der Waals surface area contributed by atoms with Crippen LogP contribution in [0.4, 0.5) is 13.2 Å². The van der Waals surface area contributed by atoms with Crippen LogP contribution in [0.2, 0.25) is 0 Å². The summed E-state index contributed by atoms with van der Waals surface area (Å²) in [6, 6.07) is 4.60. The first kappa shape index (κ1) is 18.1. The van der Waals surface area contributed by atoms with E-state index < -0.39 is 17.8 Å². The number of aryl methyl sites for hydroxylation is 2. The molecule has 1 aliphatic heterocycles. The molecule has 0 saturated heterocycles. The van der Waals surface area contributed by atoms with Crippen molar-refractivity contribution in [2.24, 2.45) is 0 Å². The molecule has 0 saturated carbocycles. The van der Waals surface area contributed by atoms with Gasteiger partial charge >= 0.3 is 12.1 Å². The first-order chi connectivity index (χ1) is 12.0. The van der Waals surface area contributed by atoms with Crippen molar-refractivity contribution in [2.75, 3.05) is 0 Å². The molecule has 0 spiro atoms. The van der Waals surface area contributed by atoms with E-state index in [1.54, 1.807) is 4.68 Å². The van der Waals surface area contributed by atoms with Gasteiger partial charge in [0.05, 0.1) is 12.2 Å². The minimum absolute atomic E-state index is 0.00686. The molecule has 1 amide bonds. The lowest BCUT2D eigenvalue weighted by Crippen LogP contribution is -2.60. The number of nitrogens with one attached hydrogen (secondary N) is 1. The maximum absolute atomic E-state index is 13.2. The quantitative estimate of drug-likeness (QED) is 0.866. The average Bonchev–Trinajstić information content (AvgIpc) is 3.18. The Hall–Kier alpha value is -2.75. The highest BCUT2D eigenvalue weighted by atomic mass is 19.4. The lowest BCUT2D eigenvalue weighted by Gasteiger charge is -2.33. The van der Waals surface area contributed by atoms with Crippen LogP contribution in [-0.4, -0.2) is 37.7 Å². The highest BCUT2D eigenvalue weighted by Crippen LogP contribution is 2.38. The summed E-state index contributed by atoms with van der Waals surface area (Å²) in [4.78, 5) is 12.4. The van der Waals surface area contributed by atoms with Crippen molar-refractivity contribution in [1.82, 2.24) is 20.2 Å². The maximum atomic E-state index is 13.2. The Morgan fingerprint density at radius 3 is 2.62 bits per heavy atom. The van der Waals surface area contributed by atoms with Crippen LogP contribution >= 0.6 is 0 Å². The van der Waals surface area contributed by atoms with E-state index in [9.17, 15) is 23.1 Å². The monoisotopic (exact) mass is 370 g/mol. The van der Waals surface area contributed by atoms with E-state index in [2.05, 4.69) is 10.5 Å². The molecule has 26 heavy (non-hydrogen) atoms. The summed E-state index contributed by atoms with van der Waals surface area (Å²) in [5, 5.41) is 14.3. The van der Waals surface area contributed by atoms with Gasteiger partial charge in [-0.2, -0.15) is 18.3 Å². The van der Waals surface area contributed by atoms with Gasteiger partial charge in [0.25, 0.3) is 5.72 Å². The van der Waals surface area contributed by atoms with Gasteiger partial charge < -0.3 is 9.52 Å². The van der Waals surface area contributed by atoms with Crippen molar-refractivity contribution in [3.8, 4) is 0 Å². The Kier molecular flexibility index (Phi) is 4.10. The van der Waals surface area contributed by atoms with Crippen molar-refractivity contribution in [2.45, 2.75) is 39.2 Å². The lowest BCUT2D eigenvalue weighted by atomic mass is 10.2. The van der Waals surface area contributed by atoms with E-state index in [1.807, 2.05) is 19.9 Å². The minimum atomic E-state index is -5.08. The number of alkyl halides is 3. The summed E-state index contributed by atoms with van der Waals surface area (Å²) < 4.78 is 46.7. The number of allylic oxidation sites excluding steroid dienone is 1. The molecule has 0 aromatic carbocycles. The van der Waals surface area contributed by atoms with Crippen LogP contribution in [0.1, 0.15) is 34.6 Å². The third-order valence-corrected chi connectivity index (χ3v) is 3.95. The van der Waals surface area contributed by atoms with Crippen LogP contribution in [-0.2, 0) is 6.54 Å².